The van der Waals surface area contributed by atoms with Crippen molar-refractivity contribution >= 4 is 11.5 Å². The van der Waals surface area contributed by atoms with Crippen LogP contribution in [0.3, 0.4) is 0 Å². The highest BCUT2D eigenvalue weighted by molar-refractivity contribution is 5.47. The first-order valence-electron chi connectivity index (χ1n) is 6.19. The molecule has 1 aliphatic carbocycles. The minimum absolute atomic E-state index is 0.0613. The van der Waals surface area contributed by atoms with Crippen molar-refractivity contribution in [1.82, 2.24) is 4.98 Å². The Bertz CT molecular complexity index is 442. The molecule has 18 heavy (non-hydrogen) atoms. The Labute approximate surface area is 106 Å². The fraction of sp³-hybridized carbons (Fsp3) is 0.583. The van der Waals surface area contributed by atoms with Crippen LogP contribution >= 0.6 is 0 Å². The highest BCUT2D eigenvalue weighted by Crippen LogP contribution is 2.23. The van der Waals surface area contributed by atoms with Crippen LogP contribution in [0.25, 0.3) is 0 Å². The second kappa shape index (κ2) is 5.30. The third-order valence-electron chi connectivity index (χ3n) is 3.40. The van der Waals surface area contributed by atoms with E-state index in [9.17, 15) is 10.1 Å². The molecule has 0 unspecified atom stereocenters. The number of nitrogens with zero attached hydrogens (tertiary/aromatic N) is 2. The highest BCUT2D eigenvalue weighted by Gasteiger charge is 2.19. The maximum absolute atomic E-state index is 10.7. The van der Waals surface area contributed by atoms with E-state index in [1.807, 2.05) is 0 Å². The van der Waals surface area contributed by atoms with Gasteiger partial charge in [0.05, 0.1) is 4.92 Å². The number of nitrogens with two attached hydrogens (primary N) is 1. The summed E-state index contributed by atoms with van der Waals surface area (Å²) in [6.07, 6.45) is 5.40. The van der Waals surface area contributed by atoms with Crippen molar-refractivity contribution in [2.24, 2.45) is 5.73 Å². The summed E-state index contributed by atoms with van der Waals surface area (Å²) < 4.78 is 0. The van der Waals surface area contributed by atoms with Crippen molar-refractivity contribution in [2.75, 3.05) is 5.32 Å². The number of rotatable bonds is 3. The molecule has 6 heteroatoms. The summed E-state index contributed by atoms with van der Waals surface area (Å²) in [5.41, 5.74) is 6.54. The van der Waals surface area contributed by atoms with Gasteiger partial charge in [-0.25, -0.2) is 4.98 Å². The molecular weight excluding hydrogens is 232 g/mol. The summed E-state index contributed by atoms with van der Waals surface area (Å²) in [6.45, 7) is 1.72. The van der Waals surface area contributed by atoms with Crippen LogP contribution in [-0.4, -0.2) is 22.0 Å². The van der Waals surface area contributed by atoms with Gasteiger partial charge < -0.3 is 11.1 Å². The zero-order chi connectivity index (χ0) is 13.1. The summed E-state index contributed by atoms with van der Waals surface area (Å²) in [5, 5.41) is 14.0. The van der Waals surface area contributed by atoms with Crippen LogP contribution in [0.4, 0.5) is 11.5 Å². The highest BCUT2D eigenvalue weighted by atomic mass is 16.6. The summed E-state index contributed by atoms with van der Waals surface area (Å²) >= 11 is 0. The molecule has 0 saturated heterocycles. The first-order chi connectivity index (χ1) is 8.56. The molecule has 2 rings (SSSR count). The molecule has 1 fully saturated rings. The number of nitro groups is 1. The third kappa shape index (κ3) is 2.95. The van der Waals surface area contributed by atoms with E-state index in [4.69, 9.17) is 5.73 Å². The van der Waals surface area contributed by atoms with E-state index in [0.717, 1.165) is 25.7 Å². The van der Waals surface area contributed by atoms with E-state index >= 15 is 0 Å². The van der Waals surface area contributed by atoms with Gasteiger partial charge in [-0.05, 0) is 38.7 Å². The first kappa shape index (κ1) is 12.8. The van der Waals surface area contributed by atoms with Gasteiger partial charge in [0.2, 0.25) is 0 Å². The lowest BCUT2D eigenvalue weighted by Crippen LogP contribution is -2.33. The first-order valence-corrected chi connectivity index (χ1v) is 6.19. The van der Waals surface area contributed by atoms with Crippen molar-refractivity contribution in [3.05, 3.63) is 27.9 Å². The van der Waals surface area contributed by atoms with Crippen molar-refractivity contribution in [3.63, 3.8) is 0 Å². The van der Waals surface area contributed by atoms with E-state index in [2.05, 4.69) is 10.3 Å². The van der Waals surface area contributed by atoms with Crippen LogP contribution in [0.1, 0.15) is 31.2 Å². The van der Waals surface area contributed by atoms with Gasteiger partial charge >= 0.3 is 0 Å². The number of aryl methyl sites for hydroxylation is 1. The molecule has 0 spiro atoms. The van der Waals surface area contributed by atoms with Crippen LogP contribution < -0.4 is 11.1 Å². The van der Waals surface area contributed by atoms with Gasteiger partial charge in [-0.1, -0.05) is 0 Å². The zero-order valence-corrected chi connectivity index (χ0v) is 10.4. The monoisotopic (exact) mass is 250 g/mol. The van der Waals surface area contributed by atoms with Gasteiger partial charge in [0, 0.05) is 17.6 Å². The fourth-order valence-corrected chi connectivity index (χ4v) is 2.29. The van der Waals surface area contributed by atoms with E-state index in [0.29, 0.717) is 23.5 Å². The Morgan fingerprint density at radius 1 is 1.44 bits per heavy atom. The predicted octanol–water partition coefficient (Wildman–Crippen LogP) is 1.98. The van der Waals surface area contributed by atoms with Gasteiger partial charge in [-0.3, -0.25) is 10.1 Å². The number of pyridine rings is 1. The smallest absolute Gasteiger partial charge is 0.290 e. The maximum atomic E-state index is 10.7. The summed E-state index contributed by atoms with van der Waals surface area (Å²) in [7, 11) is 0. The predicted molar refractivity (Wildman–Crippen MR) is 69.5 cm³/mol. The number of anilines is 1. The standard InChI is InChI=1S/C12H18N4O2/c1-8-6-12(14-7-11(8)16(17)18)15-10-4-2-9(13)3-5-10/h6-7,9-10H,2-5,13H2,1H3,(H,14,15). The molecule has 6 nitrogen and oxygen atoms in total. The Morgan fingerprint density at radius 2 is 2.11 bits per heavy atom. The average molecular weight is 250 g/mol. The van der Waals surface area contributed by atoms with Gasteiger partial charge in [0.1, 0.15) is 12.0 Å². The molecule has 0 atom stereocenters. The molecule has 98 valence electrons. The van der Waals surface area contributed by atoms with Crippen molar-refractivity contribution in [2.45, 2.75) is 44.7 Å². The normalized spacial score (nSPS) is 23.7. The minimum Gasteiger partial charge on any atom is -0.367 e. The van der Waals surface area contributed by atoms with E-state index in [1.54, 1.807) is 13.0 Å². The summed E-state index contributed by atoms with van der Waals surface area (Å²) in [5.74, 6) is 0.707. The molecule has 0 radical (unpaired) electrons. The van der Waals surface area contributed by atoms with E-state index in [1.165, 1.54) is 6.20 Å². The number of aromatic nitrogens is 1. The summed E-state index contributed by atoms with van der Waals surface area (Å²) in [4.78, 5) is 14.4. The van der Waals surface area contributed by atoms with Crippen molar-refractivity contribution < 1.29 is 4.92 Å². The van der Waals surface area contributed by atoms with Crippen LogP contribution in [0.15, 0.2) is 12.3 Å². The molecule has 1 saturated carbocycles. The van der Waals surface area contributed by atoms with E-state index < -0.39 is 4.92 Å². The largest absolute Gasteiger partial charge is 0.367 e. The minimum atomic E-state index is -0.411. The molecule has 0 aliphatic heterocycles. The SMILES string of the molecule is Cc1cc(NC2CCC(N)CC2)ncc1[N+](=O)[O-]. The maximum Gasteiger partial charge on any atom is 0.290 e. The molecule has 0 aromatic carbocycles. The molecule has 1 heterocycles. The van der Waals surface area contributed by atoms with Crippen LogP contribution in [-0.2, 0) is 0 Å². The lowest BCUT2D eigenvalue weighted by molar-refractivity contribution is -0.385. The van der Waals surface area contributed by atoms with Gasteiger partial charge in [-0.15, -0.1) is 0 Å². The number of hydrogen-bond acceptors (Lipinski definition) is 5. The van der Waals surface area contributed by atoms with Crippen LogP contribution in [0.2, 0.25) is 0 Å². The Balaban J connectivity index is 2.02. The molecule has 1 aliphatic rings. The van der Waals surface area contributed by atoms with Gasteiger partial charge in [0.15, 0.2) is 0 Å². The van der Waals surface area contributed by atoms with Crippen molar-refractivity contribution in [1.29, 1.82) is 0 Å². The average Bonchev–Trinajstić information content (AvgIpc) is 2.32. The third-order valence-corrected chi connectivity index (χ3v) is 3.40. The van der Waals surface area contributed by atoms with Crippen molar-refractivity contribution in [3.8, 4) is 0 Å². The zero-order valence-electron chi connectivity index (χ0n) is 10.4. The van der Waals surface area contributed by atoms with Crippen LogP contribution in [0.5, 0.6) is 0 Å². The quantitative estimate of drug-likeness (QED) is 0.632. The lowest BCUT2D eigenvalue weighted by atomic mass is 9.92. The Morgan fingerprint density at radius 3 is 2.67 bits per heavy atom. The van der Waals surface area contributed by atoms with E-state index in [-0.39, 0.29) is 5.69 Å². The Hall–Kier alpha value is -1.69. The Kier molecular flexibility index (Phi) is 3.76. The molecular formula is C12H18N4O2. The second-order valence-electron chi connectivity index (χ2n) is 4.87. The molecule has 0 amide bonds. The summed E-state index contributed by atoms with van der Waals surface area (Å²) in [6, 6.07) is 2.42. The second-order valence-corrected chi connectivity index (χ2v) is 4.87. The number of nitrogens with one attached hydrogen (secondary N) is 1. The number of hydrogen-bond donors (Lipinski definition) is 2. The van der Waals surface area contributed by atoms with Gasteiger partial charge in [-0.2, -0.15) is 0 Å². The molecule has 1 aromatic rings. The lowest BCUT2D eigenvalue weighted by Gasteiger charge is -2.27. The molecule has 3 N–H and O–H groups in total. The fourth-order valence-electron chi connectivity index (χ4n) is 2.29. The van der Waals surface area contributed by atoms with Gasteiger partial charge in [0.25, 0.3) is 5.69 Å². The topological polar surface area (TPSA) is 94.1 Å². The van der Waals surface area contributed by atoms with Crippen LogP contribution in [0, 0.1) is 17.0 Å². The molecule has 0 bridgehead atoms. The molecule has 1 aromatic heterocycles.